The molecule has 0 saturated heterocycles. The van der Waals surface area contributed by atoms with Gasteiger partial charge in [-0.25, -0.2) is 0 Å². The van der Waals surface area contributed by atoms with Crippen LogP contribution in [0.5, 0.6) is 5.75 Å². The van der Waals surface area contributed by atoms with Gasteiger partial charge in [0, 0.05) is 11.8 Å². The van der Waals surface area contributed by atoms with Crippen molar-refractivity contribution in [3.05, 3.63) is 58.0 Å². The van der Waals surface area contributed by atoms with Crippen LogP contribution in [-0.2, 0) is 16.1 Å². The van der Waals surface area contributed by atoms with Gasteiger partial charge in [0.05, 0.1) is 24.5 Å². The second-order valence-electron chi connectivity index (χ2n) is 7.57. The molecule has 1 atom stereocenters. The molecule has 1 aromatic rings. The first kappa shape index (κ1) is 21.4. The van der Waals surface area contributed by atoms with Gasteiger partial charge in [-0.05, 0) is 60.3 Å². The number of rotatable bonds is 9. The van der Waals surface area contributed by atoms with Gasteiger partial charge >= 0.3 is 0 Å². The van der Waals surface area contributed by atoms with E-state index in [4.69, 9.17) is 9.47 Å². The fourth-order valence-corrected chi connectivity index (χ4v) is 3.03. The fraction of sp³-hybridized carbons (Fsp3) is 0.522. The summed E-state index contributed by atoms with van der Waals surface area (Å²) in [6.45, 7) is 11.3. The summed E-state index contributed by atoms with van der Waals surface area (Å²) in [5.74, 6) is 0.185. The van der Waals surface area contributed by atoms with Gasteiger partial charge in [-0.15, -0.1) is 0 Å². The van der Waals surface area contributed by atoms with Gasteiger partial charge in [-0.1, -0.05) is 34.9 Å². The summed E-state index contributed by atoms with van der Waals surface area (Å²) in [7, 11) is 0. The topological polar surface area (TPSA) is 51.6 Å². The molecule has 1 aliphatic rings. The highest BCUT2D eigenvalue weighted by molar-refractivity contribution is 5.43. The van der Waals surface area contributed by atoms with Crippen LogP contribution in [0.1, 0.15) is 76.5 Å². The van der Waals surface area contributed by atoms with Crippen molar-refractivity contribution in [2.24, 2.45) is 0 Å². The van der Waals surface area contributed by atoms with E-state index in [1.54, 1.807) is 13.1 Å². The maximum Gasteiger partial charge on any atom is 0.188 e. The molecule has 0 aromatic carbocycles. The number of aromatic hydroxyl groups is 1. The molecule has 1 aromatic heterocycles. The molecule has 2 rings (SSSR count). The first-order valence-corrected chi connectivity index (χ1v) is 9.73. The van der Waals surface area contributed by atoms with Gasteiger partial charge in [-0.3, -0.25) is 4.98 Å². The average Bonchev–Trinajstić information content (AvgIpc) is 3.01. The highest BCUT2D eigenvalue weighted by Gasteiger charge is 2.28. The van der Waals surface area contributed by atoms with E-state index in [-0.39, 0.29) is 5.75 Å². The van der Waals surface area contributed by atoms with Gasteiger partial charge in [-0.2, -0.15) is 0 Å². The van der Waals surface area contributed by atoms with Crippen LogP contribution in [0.4, 0.5) is 0 Å². The Balaban J connectivity index is 1.76. The van der Waals surface area contributed by atoms with Crippen LogP contribution in [0.3, 0.4) is 0 Å². The Bertz CT molecular complexity index is 727. The van der Waals surface area contributed by atoms with Crippen LogP contribution in [0, 0.1) is 6.92 Å². The largest absolute Gasteiger partial charge is 0.506 e. The van der Waals surface area contributed by atoms with Crippen molar-refractivity contribution >= 4 is 0 Å². The minimum Gasteiger partial charge on any atom is -0.506 e. The van der Waals surface area contributed by atoms with Gasteiger partial charge in [0.15, 0.2) is 6.29 Å². The normalized spacial score (nSPS) is 17.1. The predicted octanol–water partition coefficient (Wildman–Crippen LogP) is 6.06. The van der Waals surface area contributed by atoms with Crippen LogP contribution in [0.15, 0.2) is 41.1 Å². The third kappa shape index (κ3) is 6.64. The number of nitrogens with zero attached hydrogens (tertiary/aromatic N) is 1. The fourth-order valence-electron chi connectivity index (χ4n) is 3.03. The molecule has 0 aliphatic carbocycles. The molecule has 0 bridgehead atoms. The Hall–Kier alpha value is -1.91. The molecule has 0 fully saturated rings. The number of hydrogen-bond donors (Lipinski definition) is 1. The van der Waals surface area contributed by atoms with Crippen molar-refractivity contribution in [2.75, 3.05) is 6.61 Å². The van der Waals surface area contributed by atoms with E-state index >= 15 is 0 Å². The van der Waals surface area contributed by atoms with Crippen LogP contribution in [0.2, 0.25) is 0 Å². The molecule has 4 heteroatoms. The number of aryl methyl sites for hydroxylation is 1. The van der Waals surface area contributed by atoms with Gasteiger partial charge < -0.3 is 14.6 Å². The Morgan fingerprint density at radius 1 is 1.15 bits per heavy atom. The zero-order chi connectivity index (χ0) is 19.8. The lowest BCUT2D eigenvalue weighted by Crippen LogP contribution is -2.04. The number of ether oxygens (including phenoxy) is 2. The van der Waals surface area contributed by atoms with Crippen molar-refractivity contribution in [1.82, 2.24) is 4.98 Å². The van der Waals surface area contributed by atoms with E-state index in [0.29, 0.717) is 18.9 Å². The predicted molar refractivity (Wildman–Crippen MR) is 110 cm³/mol. The smallest absolute Gasteiger partial charge is 0.188 e. The molecule has 0 saturated carbocycles. The van der Waals surface area contributed by atoms with E-state index in [9.17, 15) is 5.11 Å². The molecule has 27 heavy (non-hydrogen) atoms. The molecule has 148 valence electrons. The summed E-state index contributed by atoms with van der Waals surface area (Å²) in [5, 5.41) is 10.2. The maximum atomic E-state index is 10.2. The first-order valence-electron chi connectivity index (χ1n) is 9.73. The standard InChI is InChI=1S/C23H33NO3/c1-16(2)8-6-9-17(3)10-7-11-18(4)12-13-26-23-21-20(15-27-23)14-24-19(5)22(21)25/h8,10,12,14,23,25H,6-7,9,11,13,15H2,1-5H3/b17-10+,18-12+. The molecule has 0 amide bonds. The average molecular weight is 372 g/mol. The van der Waals surface area contributed by atoms with Gasteiger partial charge in [0.1, 0.15) is 5.75 Å². The molecule has 1 unspecified atom stereocenters. The lowest BCUT2D eigenvalue weighted by molar-refractivity contribution is -0.130. The van der Waals surface area contributed by atoms with Crippen molar-refractivity contribution in [3.63, 3.8) is 0 Å². The number of fused-ring (bicyclic) bond motifs is 1. The molecular formula is C23H33NO3. The van der Waals surface area contributed by atoms with Crippen LogP contribution in [-0.4, -0.2) is 16.7 Å². The second-order valence-corrected chi connectivity index (χ2v) is 7.57. The summed E-state index contributed by atoms with van der Waals surface area (Å²) < 4.78 is 11.5. The summed E-state index contributed by atoms with van der Waals surface area (Å²) >= 11 is 0. The van der Waals surface area contributed by atoms with Crippen LogP contribution >= 0.6 is 0 Å². The highest BCUT2D eigenvalue weighted by Crippen LogP contribution is 2.38. The molecule has 0 spiro atoms. The molecular weight excluding hydrogens is 338 g/mol. The van der Waals surface area contributed by atoms with Crippen molar-refractivity contribution in [1.29, 1.82) is 0 Å². The third-order valence-corrected chi connectivity index (χ3v) is 4.79. The molecule has 1 aliphatic heterocycles. The van der Waals surface area contributed by atoms with E-state index < -0.39 is 6.29 Å². The van der Waals surface area contributed by atoms with Gasteiger partial charge in [0.25, 0.3) is 0 Å². The second kappa shape index (κ2) is 10.4. The maximum absolute atomic E-state index is 10.2. The number of hydrogen-bond acceptors (Lipinski definition) is 4. The van der Waals surface area contributed by atoms with Crippen molar-refractivity contribution in [2.45, 2.75) is 73.2 Å². The Morgan fingerprint density at radius 3 is 2.52 bits per heavy atom. The Kier molecular flexibility index (Phi) is 8.26. The van der Waals surface area contributed by atoms with E-state index in [2.05, 4.69) is 50.9 Å². The lowest BCUT2D eigenvalue weighted by atomic mass is 10.1. The third-order valence-electron chi connectivity index (χ3n) is 4.79. The minimum absolute atomic E-state index is 0.185. The molecule has 1 N–H and O–H groups in total. The SMILES string of the molecule is CC(C)=CCC/C(C)=C/CC/C(C)=C/COC1OCc2cnc(C)c(O)c21. The first-order chi connectivity index (χ1) is 12.9. The number of aromatic nitrogens is 1. The summed E-state index contributed by atoms with van der Waals surface area (Å²) in [5.41, 5.74) is 6.37. The van der Waals surface area contributed by atoms with E-state index in [0.717, 1.165) is 36.8 Å². The Morgan fingerprint density at radius 2 is 1.81 bits per heavy atom. The molecule has 2 heterocycles. The highest BCUT2D eigenvalue weighted by atomic mass is 16.7. The number of pyridine rings is 1. The van der Waals surface area contributed by atoms with Crippen LogP contribution in [0.25, 0.3) is 0 Å². The number of allylic oxidation sites excluding steroid dienone is 5. The zero-order valence-electron chi connectivity index (χ0n) is 17.3. The summed E-state index contributed by atoms with van der Waals surface area (Å²) in [4.78, 5) is 4.16. The quantitative estimate of drug-likeness (QED) is 0.536. The van der Waals surface area contributed by atoms with Gasteiger partial charge in [0.2, 0.25) is 0 Å². The minimum atomic E-state index is -0.511. The summed E-state index contributed by atoms with van der Waals surface area (Å²) in [6.07, 6.45) is 12.3. The lowest BCUT2D eigenvalue weighted by Gasteiger charge is -2.13. The monoisotopic (exact) mass is 371 g/mol. The van der Waals surface area contributed by atoms with Crippen molar-refractivity contribution in [3.8, 4) is 5.75 Å². The molecule has 0 radical (unpaired) electrons. The Labute approximate surface area is 163 Å². The van der Waals surface area contributed by atoms with E-state index in [1.807, 2.05) is 0 Å². The van der Waals surface area contributed by atoms with Crippen molar-refractivity contribution < 1.29 is 14.6 Å². The molecule has 4 nitrogen and oxygen atoms in total. The van der Waals surface area contributed by atoms with Crippen LogP contribution < -0.4 is 0 Å². The van der Waals surface area contributed by atoms with E-state index in [1.165, 1.54) is 16.7 Å². The zero-order valence-corrected chi connectivity index (χ0v) is 17.3. The summed E-state index contributed by atoms with van der Waals surface area (Å²) in [6, 6.07) is 0.